The summed E-state index contributed by atoms with van der Waals surface area (Å²) in [4.78, 5) is 7.48. The van der Waals surface area contributed by atoms with Crippen LogP contribution in [0, 0.1) is 5.82 Å². The summed E-state index contributed by atoms with van der Waals surface area (Å²) >= 11 is 11.4. The normalized spacial score (nSPS) is 10.3. The molecule has 0 aliphatic heterocycles. The smallest absolute Gasteiger partial charge is 0.237 e. The lowest BCUT2D eigenvalue weighted by atomic mass is 10.2. The van der Waals surface area contributed by atoms with Crippen LogP contribution in [-0.2, 0) is 6.61 Å². The first kappa shape index (κ1) is 12.1. The van der Waals surface area contributed by atoms with Gasteiger partial charge in [0.25, 0.3) is 0 Å². The molecule has 6 heteroatoms. The summed E-state index contributed by atoms with van der Waals surface area (Å²) < 4.78 is 18.6. The maximum atomic E-state index is 13.3. The summed E-state index contributed by atoms with van der Waals surface area (Å²) in [6.45, 7) is 0.0275. The summed E-state index contributed by atoms with van der Waals surface area (Å²) in [7, 11) is 0. The number of benzene rings is 1. The fourth-order valence-electron chi connectivity index (χ4n) is 1.19. The van der Waals surface area contributed by atoms with Gasteiger partial charge in [0, 0.05) is 5.56 Å². The molecule has 88 valence electrons. The van der Waals surface area contributed by atoms with Crippen LogP contribution in [0.5, 0.6) is 5.88 Å². The molecule has 0 radical (unpaired) electrons. The molecule has 17 heavy (non-hydrogen) atoms. The van der Waals surface area contributed by atoms with Crippen molar-refractivity contribution in [3.05, 3.63) is 52.1 Å². The van der Waals surface area contributed by atoms with Crippen LogP contribution in [0.3, 0.4) is 0 Å². The molecule has 0 aliphatic carbocycles. The van der Waals surface area contributed by atoms with Gasteiger partial charge in [-0.25, -0.2) is 9.37 Å². The molecule has 1 aromatic carbocycles. The predicted molar refractivity (Wildman–Crippen MR) is 62.8 cm³/mol. The van der Waals surface area contributed by atoms with E-state index < -0.39 is 0 Å². The van der Waals surface area contributed by atoms with Crippen molar-refractivity contribution in [1.29, 1.82) is 0 Å². The third-order valence-corrected chi connectivity index (χ3v) is 2.45. The summed E-state index contributed by atoms with van der Waals surface area (Å²) in [5.74, 6) is -0.210. The molecular formula is C11H7Cl2FN2O. The molecule has 0 saturated heterocycles. The molecule has 0 atom stereocenters. The zero-order valence-corrected chi connectivity index (χ0v) is 10.0. The van der Waals surface area contributed by atoms with Crippen molar-refractivity contribution in [3.8, 4) is 5.88 Å². The zero-order valence-electron chi connectivity index (χ0n) is 8.53. The summed E-state index contributed by atoms with van der Waals surface area (Å²) in [5, 5.41) is 0.253. The third-order valence-electron chi connectivity index (χ3n) is 2.00. The highest BCUT2D eigenvalue weighted by atomic mass is 35.5. The molecule has 0 bridgehead atoms. The highest BCUT2D eigenvalue weighted by Gasteiger charge is 2.07. The number of nitrogens with zero attached hydrogens (tertiary/aromatic N) is 2. The van der Waals surface area contributed by atoms with Crippen LogP contribution >= 0.6 is 23.2 Å². The molecule has 3 nitrogen and oxygen atoms in total. The molecule has 0 unspecified atom stereocenters. The second kappa shape index (κ2) is 5.29. The first-order valence-corrected chi connectivity index (χ1v) is 5.46. The van der Waals surface area contributed by atoms with Crippen molar-refractivity contribution in [2.45, 2.75) is 6.61 Å². The van der Waals surface area contributed by atoms with Gasteiger partial charge in [-0.2, -0.15) is 4.98 Å². The Morgan fingerprint density at radius 3 is 2.76 bits per heavy atom. The van der Waals surface area contributed by atoms with Crippen LogP contribution in [0.15, 0.2) is 30.5 Å². The van der Waals surface area contributed by atoms with Crippen molar-refractivity contribution >= 4 is 23.2 Å². The predicted octanol–water partition coefficient (Wildman–Crippen LogP) is 3.50. The number of aromatic nitrogens is 2. The SMILES string of the molecule is Fc1ccccc1COc1nc(Cl)ncc1Cl. The van der Waals surface area contributed by atoms with E-state index in [1.165, 1.54) is 12.3 Å². The van der Waals surface area contributed by atoms with E-state index in [0.29, 0.717) is 5.56 Å². The van der Waals surface area contributed by atoms with Gasteiger partial charge in [0.15, 0.2) is 0 Å². The van der Waals surface area contributed by atoms with Gasteiger partial charge in [0.05, 0.1) is 6.20 Å². The molecule has 1 aromatic heterocycles. The van der Waals surface area contributed by atoms with Crippen LogP contribution < -0.4 is 4.74 Å². The van der Waals surface area contributed by atoms with Crippen molar-refractivity contribution in [1.82, 2.24) is 9.97 Å². The fourth-order valence-corrected chi connectivity index (χ4v) is 1.47. The molecular weight excluding hydrogens is 266 g/mol. The Balaban J connectivity index is 2.12. The standard InChI is InChI=1S/C11H7Cl2FN2O/c12-8-5-15-11(13)16-10(8)17-6-7-3-1-2-4-9(7)14/h1-5H,6H2. The molecule has 0 aliphatic rings. The Hall–Kier alpha value is -1.39. The molecule has 1 heterocycles. The van der Waals surface area contributed by atoms with E-state index in [1.54, 1.807) is 18.2 Å². The Morgan fingerprint density at radius 1 is 1.24 bits per heavy atom. The average molecular weight is 273 g/mol. The number of hydrogen-bond donors (Lipinski definition) is 0. The molecule has 0 saturated carbocycles. The summed E-state index contributed by atoms with van der Waals surface area (Å²) in [6, 6.07) is 6.29. The molecule has 0 N–H and O–H groups in total. The van der Waals surface area contributed by atoms with Gasteiger partial charge in [-0.1, -0.05) is 29.8 Å². The van der Waals surface area contributed by atoms with Gasteiger partial charge in [0.1, 0.15) is 17.4 Å². The van der Waals surface area contributed by atoms with Crippen LogP contribution in [0.1, 0.15) is 5.56 Å². The summed E-state index contributed by atoms with van der Waals surface area (Å²) in [5.41, 5.74) is 0.415. The van der Waals surface area contributed by atoms with Crippen LogP contribution in [0.2, 0.25) is 10.3 Å². The number of rotatable bonds is 3. The minimum absolute atomic E-state index is 0.0259. The van der Waals surface area contributed by atoms with Gasteiger partial charge >= 0.3 is 0 Å². The first-order chi connectivity index (χ1) is 8.16. The lowest BCUT2D eigenvalue weighted by Gasteiger charge is -2.07. The molecule has 0 fully saturated rings. The average Bonchev–Trinajstić information content (AvgIpc) is 2.32. The van der Waals surface area contributed by atoms with Crippen LogP contribution in [0.4, 0.5) is 4.39 Å². The zero-order chi connectivity index (χ0) is 12.3. The summed E-state index contributed by atoms with van der Waals surface area (Å²) in [6.07, 6.45) is 1.33. The Morgan fingerprint density at radius 2 is 2.00 bits per heavy atom. The first-order valence-electron chi connectivity index (χ1n) is 4.71. The van der Waals surface area contributed by atoms with E-state index in [2.05, 4.69) is 9.97 Å². The van der Waals surface area contributed by atoms with Crippen molar-refractivity contribution in [2.75, 3.05) is 0 Å². The fraction of sp³-hybridized carbons (Fsp3) is 0.0909. The van der Waals surface area contributed by atoms with Gasteiger partial charge < -0.3 is 4.74 Å². The van der Waals surface area contributed by atoms with E-state index in [4.69, 9.17) is 27.9 Å². The van der Waals surface area contributed by atoms with E-state index >= 15 is 0 Å². The Kier molecular flexibility index (Phi) is 3.76. The van der Waals surface area contributed by atoms with E-state index in [-0.39, 0.29) is 28.6 Å². The van der Waals surface area contributed by atoms with Crippen LogP contribution in [-0.4, -0.2) is 9.97 Å². The molecule has 0 amide bonds. The second-order valence-electron chi connectivity index (χ2n) is 3.17. The van der Waals surface area contributed by atoms with Crippen molar-refractivity contribution in [3.63, 3.8) is 0 Å². The molecule has 0 spiro atoms. The quantitative estimate of drug-likeness (QED) is 0.803. The van der Waals surface area contributed by atoms with Crippen LogP contribution in [0.25, 0.3) is 0 Å². The van der Waals surface area contributed by atoms with E-state index in [1.807, 2.05) is 0 Å². The number of halogens is 3. The lowest BCUT2D eigenvalue weighted by molar-refractivity contribution is 0.287. The lowest BCUT2D eigenvalue weighted by Crippen LogP contribution is -2.00. The maximum Gasteiger partial charge on any atom is 0.237 e. The van der Waals surface area contributed by atoms with Crippen molar-refractivity contribution < 1.29 is 9.13 Å². The molecule has 2 aromatic rings. The van der Waals surface area contributed by atoms with E-state index in [0.717, 1.165) is 0 Å². The number of ether oxygens (including phenoxy) is 1. The second-order valence-corrected chi connectivity index (χ2v) is 3.92. The van der Waals surface area contributed by atoms with Gasteiger partial charge in [-0.05, 0) is 17.7 Å². The third kappa shape index (κ3) is 3.05. The highest BCUT2D eigenvalue weighted by molar-refractivity contribution is 6.32. The Labute approximate surface area is 107 Å². The van der Waals surface area contributed by atoms with E-state index in [9.17, 15) is 4.39 Å². The minimum Gasteiger partial charge on any atom is -0.472 e. The highest BCUT2D eigenvalue weighted by Crippen LogP contribution is 2.23. The number of hydrogen-bond acceptors (Lipinski definition) is 3. The molecule has 2 rings (SSSR count). The topological polar surface area (TPSA) is 35.0 Å². The largest absolute Gasteiger partial charge is 0.472 e. The maximum absolute atomic E-state index is 13.3. The van der Waals surface area contributed by atoms with Gasteiger partial charge in [-0.3, -0.25) is 0 Å². The van der Waals surface area contributed by atoms with Crippen molar-refractivity contribution in [2.24, 2.45) is 0 Å². The van der Waals surface area contributed by atoms with Gasteiger partial charge in [-0.15, -0.1) is 0 Å². The monoisotopic (exact) mass is 272 g/mol. The van der Waals surface area contributed by atoms with Gasteiger partial charge in [0.2, 0.25) is 11.2 Å². The Bertz CT molecular complexity index is 537. The minimum atomic E-state index is -0.344.